The number of halogens is 2. The predicted octanol–water partition coefficient (Wildman–Crippen LogP) is 2.71. The van der Waals surface area contributed by atoms with E-state index in [9.17, 15) is 8.78 Å². The minimum absolute atomic E-state index is 0.0444. The minimum Gasteiger partial charge on any atom is -0.433 e. The fourth-order valence-corrected chi connectivity index (χ4v) is 1.97. The zero-order chi connectivity index (χ0) is 13.7. The highest BCUT2D eigenvalue weighted by molar-refractivity contribution is 7.09. The molecule has 5 nitrogen and oxygen atoms in total. The lowest BCUT2D eigenvalue weighted by Gasteiger charge is -2.05. The van der Waals surface area contributed by atoms with Crippen LogP contribution >= 0.6 is 11.5 Å². The van der Waals surface area contributed by atoms with E-state index in [1.807, 2.05) is 6.92 Å². The van der Waals surface area contributed by atoms with Crippen LogP contribution in [0.3, 0.4) is 0 Å². The Balaban J connectivity index is 1.89. The Morgan fingerprint density at radius 2 is 2.26 bits per heavy atom. The van der Waals surface area contributed by atoms with Crippen LogP contribution in [0.5, 0.6) is 5.75 Å². The third-order valence-corrected chi connectivity index (χ3v) is 2.94. The number of rotatable bonds is 6. The lowest BCUT2D eigenvalue weighted by molar-refractivity contribution is -0.0500. The zero-order valence-corrected chi connectivity index (χ0v) is 11.0. The molecule has 0 amide bonds. The van der Waals surface area contributed by atoms with Crippen LogP contribution in [0.1, 0.15) is 18.4 Å². The fraction of sp³-hybridized carbons (Fsp3) is 0.364. The number of aryl methyl sites for hydroxylation is 1. The number of nitrogens with zero attached hydrogens (tertiary/aromatic N) is 3. The lowest BCUT2D eigenvalue weighted by Crippen LogP contribution is -2.04. The molecule has 0 spiro atoms. The lowest BCUT2D eigenvalue weighted by atomic mass is 10.3. The summed E-state index contributed by atoms with van der Waals surface area (Å²) in [6.45, 7) is -0.401. The summed E-state index contributed by atoms with van der Waals surface area (Å²) in [6.07, 6.45) is 2.05. The first-order chi connectivity index (χ1) is 9.17. The molecule has 2 aromatic rings. The molecule has 2 heterocycles. The number of aromatic nitrogens is 3. The minimum atomic E-state index is -2.83. The Hall–Kier alpha value is -1.83. The van der Waals surface area contributed by atoms with Gasteiger partial charge in [0.25, 0.3) is 0 Å². The van der Waals surface area contributed by atoms with E-state index in [0.717, 1.165) is 12.2 Å². The second-order valence-corrected chi connectivity index (χ2v) is 4.34. The molecule has 0 aliphatic carbocycles. The molecule has 0 atom stereocenters. The first-order valence-corrected chi connectivity index (χ1v) is 6.41. The largest absolute Gasteiger partial charge is 0.433 e. The van der Waals surface area contributed by atoms with Crippen LogP contribution in [0, 0.1) is 0 Å². The molecule has 0 saturated heterocycles. The summed E-state index contributed by atoms with van der Waals surface area (Å²) in [4.78, 5) is 8.25. The number of ether oxygens (including phenoxy) is 1. The summed E-state index contributed by atoms with van der Waals surface area (Å²) in [6, 6.07) is 3.07. The van der Waals surface area contributed by atoms with Gasteiger partial charge in [0.05, 0.1) is 18.4 Å². The van der Waals surface area contributed by atoms with E-state index in [1.165, 1.54) is 23.8 Å². The van der Waals surface area contributed by atoms with Gasteiger partial charge in [0.1, 0.15) is 11.6 Å². The van der Waals surface area contributed by atoms with Crippen molar-refractivity contribution >= 4 is 16.7 Å². The predicted molar refractivity (Wildman–Crippen MR) is 67.5 cm³/mol. The standard InChI is InChI=1S/C11H12F2N4OS/c1-2-9-16-11(19-17-9)15-5-7-3-4-8(6-14-7)18-10(12)13/h3-4,6,10H,2,5H2,1H3,(H,15,16,17). The molecular weight excluding hydrogens is 274 g/mol. The van der Waals surface area contributed by atoms with E-state index in [0.29, 0.717) is 17.4 Å². The van der Waals surface area contributed by atoms with Crippen LogP contribution in [0.4, 0.5) is 13.9 Å². The molecule has 1 N–H and O–H groups in total. The van der Waals surface area contributed by atoms with Crippen LogP contribution in [0.2, 0.25) is 0 Å². The van der Waals surface area contributed by atoms with Crippen LogP contribution in [0.15, 0.2) is 18.3 Å². The molecule has 0 aliphatic rings. The summed E-state index contributed by atoms with van der Waals surface area (Å²) in [5, 5.41) is 3.78. The Bertz CT molecular complexity index is 518. The molecule has 0 fully saturated rings. The SMILES string of the molecule is CCc1nsc(NCc2ccc(OC(F)F)cn2)n1. The Morgan fingerprint density at radius 1 is 1.42 bits per heavy atom. The zero-order valence-electron chi connectivity index (χ0n) is 10.1. The molecule has 19 heavy (non-hydrogen) atoms. The molecule has 0 aromatic carbocycles. The Morgan fingerprint density at radius 3 is 2.84 bits per heavy atom. The van der Waals surface area contributed by atoms with Crippen LogP contribution < -0.4 is 10.1 Å². The van der Waals surface area contributed by atoms with E-state index in [2.05, 4.69) is 24.4 Å². The Kier molecular flexibility index (Phi) is 4.56. The van der Waals surface area contributed by atoms with Gasteiger partial charge in [0.2, 0.25) is 5.13 Å². The maximum absolute atomic E-state index is 12.0. The van der Waals surface area contributed by atoms with Gasteiger partial charge in [-0.1, -0.05) is 6.92 Å². The molecule has 102 valence electrons. The second-order valence-electron chi connectivity index (χ2n) is 3.59. The molecule has 2 rings (SSSR count). The summed E-state index contributed by atoms with van der Waals surface area (Å²) in [5.41, 5.74) is 0.704. The topological polar surface area (TPSA) is 59.9 Å². The first kappa shape index (κ1) is 13.6. The van der Waals surface area contributed by atoms with Crippen molar-refractivity contribution in [2.75, 3.05) is 5.32 Å². The van der Waals surface area contributed by atoms with Crippen LogP contribution in [0.25, 0.3) is 0 Å². The van der Waals surface area contributed by atoms with Crippen molar-refractivity contribution in [1.82, 2.24) is 14.3 Å². The van der Waals surface area contributed by atoms with Gasteiger partial charge in [-0.25, -0.2) is 4.98 Å². The molecule has 2 aromatic heterocycles. The molecule has 0 radical (unpaired) electrons. The highest BCUT2D eigenvalue weighted by Gasteiger charge is 2.05. The third-order valence-electron chi connectivity index (χ3n) is 2.23. The molecule has 0 unspecified atom stereocenters. The van der Waals surface area contributed by atoms with Crippen molar-refractivity contribution in [3.05, 3.63) is 29.8 Å². The number of nitrogens with one attached hydrogen (secondary N) is 1. The normalized spacial score (nSPS) is 10.7. The van der Waals surface area contributed by atoms with E-state index >= 15 is 0 Å². The summed E-state index contributed by atoms with van der Waals surface area (Å²) in [7, 11) is 0. The van der Waals surface area contributed by atoms with Gasteiger partial charge in [0.15, 0.2) is 0 Å². The number of alkyl halides is 2. The summed E-state index contributed by atoms with van der Waals surface area (Å²) < 4.78 is 32.3. The quantitative estimate of drug-likeness (QED) is 0.884. The van der Waals surface area contributed by atoms with E-state index < -0.39 is 6.61 Å². The van der Waals surface area contributed by atoms with Crippen molar-refractivity contribution in [3.8, 4) is 5.75 Å². The number of hydrogen-bond acceptors (Lipinski definition) is 6. The van der Waals surface area contributed by atoms with Crippen molar-refractivity contribution in [2.24, 2.45) is 0 Å². The van der Waals surface area contributed by atoms with Crippen molar-refractivity contribution in [3.63, 3.8) is 0 Å². The maximum Gasteiger partial charge on any atom is 0.387 e. The van der Waals surface area contributed by atoms with Gasteiger partial charge in [-0.05, 0) is 12.1 Å². The van der Waals surface area contributed by atoms with E-state index in [1.54, 1.807) is 6.07 Å². The van der Waals surface area contributed by atoms with Crippen LogP contribution in [-0.2, 0) is 13.0 Å². The maximum atomic E-state index is 12.0. The first-order valence-electron chi connectivity index (χ1n) is 5.63. The van der Waals surface area contributed by atoms with Crippen molar-refractivity contribution in [1.29, 1.82) is 0 Å². The van der Waals surface area contributed by atoms with Gasteiger partial charge in [0, 0.05) is 18.0 Å². The van der Waals surface area contributed by atoms with Crippen LogP contribution in [-0.4, -0.2) is 21.0 Å². The smallest absolute Gasteiger partial charge is 0.387 e. The fourth-order valence-electron chi connectivity index (χ4n) is 1.32. The van der Waals surface area contributed by atoms with Gasteiger partial charge in [-0.2, -0.15) is 13.2 Å². The van der Waals surface area contributed by atoms with Crippen molar-refractivity contribution in [2.45, 2.75) is 26.5 Å². The molecule has 0 bridgehead atoms. The van der Waals surface area contributed by atoms with Crippen molar-refractivity contribution < 1.29 is 13.5 Å². The number of anilines is 1. The molecule has 8 heteroatoms. The summed E-state index contributed by atoms with van der Waals surface area (Å²) in [5.74, 6) is 0.837. The average Bonchev–Trinajstić information content (AvgIpc) is 2.85. The number of hydrogen-bond donors (Lipinski definition) is 1. The third kappa shape index (κ3) is 4.09. The van der Waals surface area contributed by atoms with E-state index in [-0.39, 0.29) is 5.75 Å². The molecule has 0 aliphatic heterocycles. The summed E-state index contributed by atoms with van der Waals surface area (Å²) >= 11 is 1.28. The second kappa shape index (κ2) is 6.37. The van der Waals surface area contributed by atoms with Gasteiger partial charge < -0.3 is 10.1 Å². The number of pyridine rings is 1. The molecule has 0 saturated carbocycles. The average molecular weight is 286 g/mol. The monoisotopic (exact) mass is 286 g/mol. The van der Waals surface area contributed by atoms with Gasteiger partial charge in [-0.3, -0.25) is 4.98 Å². The molecular formula is C11H12F2N4OS. The van der Waals surface area contributed by atoms with Gasteiger partial charge >= 0.3 is 6.61 Å². The van der Waals surface area contributed by atoms with E-state index in [4.69, 9.17) is 0 Å². The highest BCUT2D eigenvalue weighted by Crippen LogP contribution is 2.15. The Labute approximate surface area is 112 Å². The highest BCUT2D eigenvalue weighted by atomic mass is 32.1. The van der Waals surface area contributed by atoms with Gasteiger partial charge in [-0.15, -0.1) is 0 Å².